The lowest BCUT2D eigenvalue weighted by Crippen LogP contribution is -2.39. The van der Waals surface area contributed by atoms with Crippen molar-refractivity contribution in [1.82, 2.24) is 4.31 Å². The lowest BCUT2D eigenvalue weighted by atomic mass is 9.95. The first-order valence-corrected chi connectivity index (χ1v) is 7.50. The van der Waals surface area contributed by atoms with Crippen LogP contribution in [0.2, 0.25) is 0 Å². The topological polar surface area (TPSA) is 54.5 Å². The van der Waals surface area contributed by atoms with Gasteiger partial charge in [0.15, 0.2) is 0 Å². The second-order valence-corrected chi connectivity index (χ2v) is 6.60. The molecule has 1 fully saturated rings. The molecule has 4 nitrogen and oxygen atoms in total. The predicted octanol–water partition coefficient (Wildman–Crippen LogP) is 1.82. The lowest BCUT2D eigenvalue weighted by molar-refractivity contribution is -0.120. The molecule has 2 rings (SSSR count). The molecule has 0 bridgehead atoms. The highest BCUT2D eigenvalue weighted by Gasteiger charge is 2.30. The van der Waals surface area contributed by atoms with E-state index in [-0.39, 0.29) is 11.8 Å². The Kier molecular flexibility index (Phi) is 3.82. The smallest absolute Gasteiger partial charge is 0.243 e. The maximum absolute atomic E-state index is 12.4. The maximum Gasteiger partial charge on any atom is 0.243 e. The predicted molar refractivity (Wildman–Crippen MR) is 68.7 cm³/mol. The van der Waals surface area contributed by atoms with Gasteiger partial charge in [-0.15, -0.1) is 0 Å². The lowest BCUT2D eigenvalue weighted by Gasteiger charge is -2.29. The largest absolute Gasteiger partial charge is 0.300 e. The molecule has 0 N–H and O–H groups in total. The second kappa shape index (κ2) is 5.20. The minimum absolute atomic E-state index is 0.0621. The number of rotatable bonds is 3. The Morgan fingerprint density at radius 3 is 2.22 bits per heavy atom. The Morgan fingerprint density at radius 1 is 1.11 bits per heavy atom. The van der Waals surface area contributed by atoms with Gasteiger partial charge in [0.1, 0.15) is 5.78 Å². The Bertz CT molecular complexity index is 514. The van der Waals surface area contributed by atoms with E-state index in [1.54, 1.807) is 37.4 Å². The summed E-state index contributed by atoms with van der Waals surface area (Å²) in [6.45, 7) is 0. The molecular weight excluding hydrogens is 250 g/mol. The molecule has 1 aromatic carbocycles. The van der Waals surface area contributed by atoms with Crippen molar-refractivity contribution >= 4 is 15.8 Å². The standard InChI is InChI=1S/C13H17NO3S/c1-14(11-7-9-12(15)10-8-11)18(16,17)13-5-3-2-4-6-13/h2-6,11H,7-10H2,1H3. The number of benzene rings is 1. The van der Waals surface area contributed by atoms with Crippen LogP contribution in [-0.2, 0) is 14.8 Å². The first-order valence-electron chi connectivity index (χ1n) is 6.06. The maximum atomic E-state index is 12.4. The number of sulfonamides is 1. The van der Waals surface area contributed by atoms with E-state index in [4.69, 9.17) is 0 Å². The van der Waals surface area contributed by atoms with Gasteiger partial charge in [-0.2, -0.15) is 4.31 Å². The molecule has 0 atom stereocenters. The van der Waals surface area contributed by atoms with Crippen LogP contribution in [0.25, 0.3) is 0 Å². The van der Waals surface area contributed by atoms with Crippen molar-refractivity contribution in [1.29, 1.82) is 0 Å². The normalized spacial score (nSPS) is 18.2. The molecule has 0 heterocycles. The van der Waals surface area contributed by atoms with E-state index in [1.807, 2.05) is 0 Å². The summed E-state index contributed by atoms with van der Waals surface area (Å²) in [5.41, 5.74) is 0. The van der Waals surface area contributed by atoms with Crippen molar-refractivity contribution in [2.75, 3.05) is 7.05 Å². The molecule has 18 heavy (non-hydrogen) atoms. The molecule has 0 unspecified atom stereocenters. The Morgan fingerprint density at radius 2 is 1.67 bits per heavy atom. The first-order chi connectivity index (χ1) is 8.51. The third-order valence-corrected chi connectivity index (χ3v) is 5.37. The number of nitrogens with zero attached hydrogens (tertiary/aromatic N) is 1. The number of ketones is 1. The van der Waals surface area contributed by atoms with E-state index in [0.29, 0.717) is 30.6 Å². The zero-order valence-electron chi connectivity index (χ0n) is 10.4. The molecule has 0 amide bonds. The van der Waals surface area contributed by atoms with Gasteiger partial charge in [-0.25, -0.2) is 8.42 Å². The van der Waals surface area contributed by atoms with Crippen LogP contribution in [0.5, 0.6) is 0 Å². The molecule has 5 heteroatoms. The van der Waals surface area contributed by atoms with Crippen molar-refractivity contribution in [2.24, 2.45) is 0 Å². The summed E-state index contributed by atoms with van der Waals surface area (Å²) in [6.07, 6.45) is 2.22. The SMILES string of the molecule is CN(C1CCC(=O)CC1)S(=O)(=O)c1ccccc1. The number of hydrogen-bond donors (Lipinski definition) is 0. The van der Waals surface area contributed by atoms with E-state index in [2.05, 4.69) is 0 Å². The van der Waals surface area contributed by atoms with E-state index in [1.165, 1.54) is 4.31 Å². The van der Waals surface area contributed by atoms with Crippen LogP contribution in [0.3, 0.4) is 0 Å². The van der Waals surface area contributed by atoms with E-state index in [9.17, 15) is 13.2 Å². The molecule has 1 saturated carbocycles. The van der Waals surface area contributed by atoms with Gasteiger partial charge in [-0.3, -0.25) is 4.79 Å². The monoisotopic (exact) mass is 267 g/mol. The Hall–Kier alpha value is -1.20. The van der Waals surface area contributed by atoms with Gasteiger partial charge >= 0.3 is 0 Å². The van der Waals surface area contributed by atoms with Crippen molar-refractivity contribution in [3.8, 4) is 0 Å². The number of carbonyl (C=O) groups excluding carboxylic acids is 1. The number of Topliss-reactive ketones (excluding diaryl/α,β-unsaturated/α-hetero) is 1. The van der Waals surface area contributed by atoms with Crippen LogP contribution in [0.1, 0.15) is 25.7 Å². The van der Waals surface area contributed by atoms with Crippen LogP contribution < -0.4 is 0 Å². The van der Waals surface area contributed by atoms with E-state index in [0.717, 1.165) is 0 Å². The second-order valence-electron chi connectivity index (χ2n) is 4.60. The van der Waals surface area contributed by atoms with Crippen LogP contribution in [0.15, 0.2) is 35.2 Å². The highest BCUT2D eigenvalue weighted by molar-refractivity contribution is 7.89. The van der Waals surface area contributed by atoms with Crippen molar-refractivity contribution in [2.45, 2.75) is 36.6 Å². The highest BCUT2D eigenvalue weighted by Crippen LogP contribution is 2.24. The first kappa shape index (κ1) is 13.2. The molecular formula is C13H17NO3S. The molecule has 0 aromatic heterocycles. The summed E-state index contributed by atoms with van der Waals surface area (Å²) in [6, 6.07) is 8.35. The average Bonchev–Trinajstić information content (AvgIpc) is 2.40. The Balaban J connectivity index is 2.18. The van der Waals surface area contributed by atoms with Crippen molar-refractivity contribution in [3.05, 3.63) is 30.3 Å². The minimum Gasteiger partial charge on any atom is -0.300 e. The van der Waals surface area contributed by atoms with Crippen LogP contribution in [0.4, 0.5) is 0 Å². The van der Waals surface area contributed by atoms with Gasteiger partial charge in [-0.05, 0) is 25.0 Å². The molecule has 0 aliphatic heterocycles. The zero-order chi connectivity index (χ0) is 13.2. The average molecular weight is 267 g/mol. The fourth-order valence-electron chi connectivity index (χ4n) is 2.24. The fraction of sp³-hybridized carbons (Fsp3) is 0.462. The van der Waals surface area contributed by atoms with E-state index < -0.39 is 10.0 Å². The molecule has 0 saturated heterocycles. The Labute approximate surface area is 108 Å². The highest BCUT2D eigenvalue weighted by atomic mass is 32.2. The third-order valence-electron chi connectivity index (χ3n) is 3.45. The molecule has 0 spiro atoms. The summed E-state index contributed by atoms with van der Waals surface area (Å²) >= 11 is 0. The summed E-state index contributed by atoms with van der Waals surface area (Å²) in [5, 5.41) is 0. The van der Waals surface area contributed by atoms with Crippen LogP contribution in [-0.4, -0.2) is 31.6 Å². The fourth-order valence-corrected chi connectivity index (χ4v) is 3.68. The molecule has 0 radical (unpaired) electrons. The van der Waals surface area contributed by atoms with Crippen molar-refractivity contribution in [3.63, 3.8) is 0 Å². The number of hydrogen-bond acceptors (Lipinski definition) is 3. The van der Waals surface area contributed by atoms with Gasteiger partial charge in [-0.1, -0.05) is 18.2 Å². The minimum atomic E-state index is -3.43. The third kappa shape index (κ3) is 2.62. The van der Waals surface area contributed by atoms with Gasteiger partial charge in [0.05, 0.1) is 4.90 Å². The van der Waals surface area contributed by atoms with Gasteiger partial charge in [0, 0.05) is 25.9 Å². The van der Waals surface area contributed by atoms with Crippen LogP contribution >= 0.6 is 0 Å². The number of carbonyl (C=O) groups is 1. The zero-order valence-corrected chi connectivity index (χ0v) is 11.2. The van der Waals surface area contributed by atoms with Crippen molar-refractivity contribution < 1.29 is 13.2 Å². The molecule has 1 aliphatic carbocycles. The van der Waals surface area contributed by atoms with Gasteiger partial charge in [0.25, 0.3) is 0 Å². The van der Waals surface area contributed by atoms with Gasteiger partial charge in [0.2, 0.25) is 10.0 Å². The quantitative estimate of drug-likeness (QED) is 0.839. The summed E-state index contributed by atoms with van der Waals surface area (Å²) in [7, 11) is -1.83. The molecule has 1 aliphatic rings. The van der Waals surface area contributed by atoms with Gasteiger partial charge < -0.3 is 0 Å². The summed E-state index contributed by atoms with van der Waals surface area (Å²) in [4.78, 5) is 11.5. The van der Waals surface area contributed by atoms with Crippen LogP contribution in [0, 0.1) is 0 Å². The molecule has 1 aromatic rings. The van der Waals surface area contributed by atoms with E-state index >= 15 is 0 Å². The summed E-state index contributed by atoms with van der Waals surface area (Å²) < 4.78 is 26.1. The molecule has 98 valence electrons. The summed E-state index contributed by atoms with van der Waals surface area (Å²) in [5.74, 6) is 0.233.